The second kappa shape index (κ2) is 6.08. The van der Waals surface area contributed by atoms with E-state index in [-0.39, 0.29) is 11.9 Å². The quantitative estimate of drug-likeness (QED) is 0.851. The van der Waals surface area contributed by atoms with Gasteiger partial charge in [0.15, 0.2) is 0 Å². The lowest BCUT2D eigenvalue weighted by molar-refractivity contribution is 0.0934. The van der Waals surface area contributed by atoms with Crippen molar-refractivity contribution in [2.45, 2.75) is 24.3 Å². The predicted octanol–water partition coefficient (Wildman–Crippen LogP) is 4.01. The van der Waals surface area contributed by atoms with Crippen molar-refractivity contribution in [2.75, 3.05) is 5.75 Å². The monoisotopic (exact) mass is 318 g/mol. The summed E-state index contributed by atoms with van der Waals surface area (Å²) in [5.74, 6) is 0.909. The Morgan fingerprint density at radius 3 is 3.00 bits per heavy atom. The average Bonchev–Trinajstić information content (AvgIpc) is 2.46. The highest BCUT2D eigenvalue weighted by Gasteiger charge is 2.22. The van der Waals surface area contributed by atoms with E-state index >= 15 is 0 Å². The first-order valence-electron chi connectivity index (χ1n) is 6.80. The summed E-state index contributed by atoms with van der Waals surface area (Å²) in [7, 11) is 0. The molecule has 0 fully saturated rings. The molecule has 0 bridgehead atoms. The van der Waals surface area contributed by atoms with Gasteiger partial charge in [-0.05, 0) is 37.1 Å². The fourth-order valence-corrected chi connectivity index (χ4v) is 3.87. The number of aryl methyl sites for hydroxylation is 1. The molecular formula is C16H15ClN2OS. The first-order valence-corrected chi connectivity index (χ1v) is 8.16. The number of benzene rings is 1. The third-order valence-corrected chi connectivity index (χ3v) is 4.76. The van der Waals surface area contributed by atoms with Gasteiger partial charge < -0.3 is 5.32 Å². The van der Waals surface area contributed by atoms with Crippen molar-refractivity contribution < 1.29 is 4.79 Å². The van der Waals surface area contributed by atoms with Crippen LogP contribution in [-0.2, 0) is 0 Å². The molecule has 3 nitrogen and oxygen atoms in total. The van der Waals surface area contributed by atoms with Crippen molar-refractivity contribution in [3.63, 3.8) is 0 Å². The van der Waals surface area contributed by atoms with Crippen LogP contribution in [0, 0.1) is 6.92 Å². The van der Waals surface area contributed by atoms with Gasteiger partial charge in [0.05, 0.1) is 6.04 Å². The third kappa shape index (κ3) is 3.22. The molecule has 1 atom stereocenters. The van der Waals surface area contributed by atoms with Crippen molar-refractivity contribution in [3.8, 4) is 0 Å². The Morgan fingerprint density at radius 2 is 2.19 bits per heavy atom. The highest BCUT2D eigenvalue weighted by atomic mass is 35.5. The highest BCUT2D eigenvalue weighted by molar-refractivity contribution is 7.99. The molecule has 1 amide bonds. The topological polar surface area (TPSA) is 42.0 Å². The van der Waals surface area contributed by atoms with Crippen LogP contribution in [0.5, 0.6) is 0 Å². The maximum atomic E-state index is 12.4. The van der Waals surface area contributed by atoms with E-state index in [0.29, 0.717) is 10.7 Å². The number of aromatic nitrogens is 1. The fourth-order valence-electron chi connectivity index (χ4n) is 2.49. The van der Waals surface area contributed by atoms with Gasteiger partial charge in [-0.15, -0.1) is 11.8 Å². The molecular weight excluding hydrogens is 304 g/mol. The summed E-state index contributed by atoms with van der Waals surface area (Å²) in [5, 5.41) is 3.45. The molecule has 3 rings (SSSR count). The van der Waals surface area contributed by atoms with Crippen LogP contribution in [-0.4, -0.2) is 16.6 Å². The molecule has 0 radical (unpaired) electrons. The number of hydrogen-bond donors (Lipinski definition) is 1. The minimum Gasteiger partial charge on any atom is -0.345 e. The van der Waals surface area contributed by atoms with Gasteiger partial charge in [0.2, 0.25) is 0 Å². The average molecular weight is 319 g/mol. The van der Waals surface area contributed by atoms with Crippen LogP contribution in [0.25, 0.3) is 0 Å². The van der Waals surface area contributed by atoms with E-state index < -0.39 is 0 Å². The normalized spacial score (nSPS) is 17.1. The summed E-state index contributed by atoms with van der Waals surface area (Å²) in [6.07, 6.45) is 0.936. The van der Waals surface area contributed by atoms with Crippen LogP contribution in [0.3, 0.4) is 0 Å². The molecule has 1 unspecified atom stereocenters. The molecule has 108 valence electrons. The van der Waals surface area contributed by atoms with Gasteiger partial charge in [-0.1, -0.05) is 29.8 Å². The summed E-state index contributed by atoms with van der Waals surface area (Å²) in [6, 6.07) is 11.6. The standard InChI is InChI=1S/C16H15ClN2OS/c1-10-8-11(9-15(17)18-10)16(20)19-13-6-7-21-14-5-3-2-4-12(13)14/h2-5,8-9,13H,6-7H2,1H3,(H,19,20). The lowest BCUT2D eigenvalue weighted by atomic mass is 10.0. The van der Waals surface area contributed by atoms with Crippen LogP contribution in [0.4, 0.5) is 0 Å². The molecule has 5 heteroatoms. The maximum Gasteiger partial charge on any atom is 0.251 e. The zero-order chi connectivity index (χ0) is 14.8. The lowest BCUT2D eigenvalue weighted by Crippen LogP contribution is -2.30. The summed E-state index contributed by atoms with van der Waals surface area (Å²) in [4.78, 5) is 17.8. The number of fused-ring (bicyclic) bond motifs is 1. The van der Waals surface area contributed by atoms with E-state index in [4.69, 9.17) is 11.6 Å². The van der Waals surface area contributed by atoms with Crippen molar-refractivity contribution in [1.29, 1.82) is 0 Å². The number of pyridine rings is 1. The number of carbonyl (C=O) groups excluding carboxylic acids is 1. The Labute approximate surface area is 133 Å². The summed E-state index contributed by atoms with van der Waals surface area (Å²) in [5.41, 5.74) is 2.49. The van der Waals surface area contributed by atoms with Crippen LogP contribution in [0.15, 0.2) is 41.3 Å². The number of amides is 1. The number of halogens is 1. The van der Waals surface area contributed by atoms with Gasteiger partial charge >= 0.3 is 0 Å². The van der Waals surface area contributed by atoms with E-state index in [1.165, 1.54) is 10.5 Å². The largest absolute Gasteiger partial charge is 0.345 e. The van der Waals surface area contributed by atoms with Gasteiger partial charge in [-0.2, -0.15) is 0 Å². The van der Waals surface area contributed by atoms with E-state index in [1.54, 1.807) is 12.1 Å². The second-order valence-corrected chi connectivity index (χ2v) is 6.54. The van der Waals surface area contributed by atoms with Gasteiger partial charge in [0, 0.05) is 21.9 Å². The number of carbonyl (C=O) groups is 1. The van der Waals surface area contributed by atoms with E-state index in [2.05, 4.69) is 22.4 Å². The molecule has 1 aliphatic heterocycles. The van der Waals surface area contributed by atoms with Crippen molar-refractivity contribution in [3.05, 3.63) is 58.4 Å². The Balaban J connectivity index is 1.82. The van der Waals surface area contributed by atoms with Crippen molar-refractivity contribution in [2.24, 2.45) is 0 Å². The zero-order valence-corrected chi connectivity index (χ0v) is 13.2. The fraction of sp³-hybridized carbons (Fsp3) is 0.250. The highest BCUT2D eigenvalue weighted by Crippen LogP contribution is 2.35. The van der Waals surface area contributed by atoms with E-state index in [0.717, 1.165) is 17.9 Å². The van der Waals surface area contributed by atoms with Crippen LogP contribution in [0.1, 0.15) is 34.1 Å². The summed E-state index contributed by atoms with van der Waals surface area (Å²) < 4.78 is 0. The predicted molar refractivity (Wildman–Crippen MR) is 86.0 cm³/mol. The Morgan fingerprint density at radius 1 is 1.38 bits per heavy atom. The summed E-state index contributed by atoms with van der Waals surface area (Å²) >= 11 is 7.76. The minimum absolute atomic E-state index is 0.0576. The summed E-state index contributed by atoms with van der Waals surface area (Å²) in [6.45, 7) is 1.83. The Kier molecular flexibility index (Phi) is 4.17. The van der Waals surface area contributed by atoms with E-state index in [9.17, 15) is 4.79 Å². The molecule has 1 N–H and O–H groups in total. The molecule has 0 saturated heterocycles. The van der Waals surface area contributed by atoms with Crippen molar-refractivity contribution >= 4 is 29.3 Å². The second-order valence-electron chi connectivity index (χ2n) is 5.02. The molecule has 2 aromatic rings. The van der Waals surface area contributed by atoms with Gasteiger partial charge in [0.1, 0.15) is 5.15 Å². The first-order chi connectivity index (χ1) is 10.1. The molecule has 21 heavy (non-hydrogen) atoms. The maximum absolute atomic E-state index is 12.4. The van der Waals surface area contributed by atoms with Crippen LogP contribution in [0.2, 0.25) is 5.15 Å². The Hall–Kier alpha value is -1.52. The molecule has 2 heterocycles. The number of nitrogens with one attached hydrogen (secondary N) is 1. The van der Waals surface area contributed by atoms with Crippen LogP contribution < -0.4 is 5.32 Å². The third-order valence-electron chi connectivity index (χ3n) is 3.45. The molecule has 0 saturated carbocycles. The van der Waals surface area contributed by atoms with Crippen LogP contribution >= 0.6 is 23.4 Å². The Bertz CT molecular complexity index is 669. The van der Waals surface area contributed by atoms with Gasteiger partial charge in [-0.25, -0.2) is 4.98 Å². The lowest BCUT2D eigenvalue weighted by Gasteiger charge is -2.26. The number of rotatable bonds is 2. The zero-order valence-electron chi connectivity index (χ0n) is 11.6. The SMILES string of the molecule is Cc1cc(C(=O)NC2CCSc3ccccc32)cc(Cl)n1. The molecule has 0 spiro atoms. The van der Waals surface area contributed by atoms with Crippen molar-refractivity contribution in [1.82, 2.24) is 10.3 Å². The number of nitrogens with zero attached hydrogens (tertiary/aromatic N) is 1. The number of hydrogen-bond acceptors (Lipinski definition) is 3. The minimum atomic E-state index is -0.103. The smallest absolute Gasteiger partial charge is 0.251 e. The molecule has 1 aromatic carbocycles. The number of thioether (sulfide) groups is 1. The molecule has 1 aliphatic rings. The molecule has 1 aromatic heterocycles. The molecule has 0 aliphatic carbocycles. The van der Waals surface area contributed by atoms with E-state index in [1.807, 2.05) is 30.8 Å². The van der Waals surface area contributed by atoms with Gasteiger partial charge in [-0.3, -0.25) is 4.79 Å². The van der Waals surface area contributed by atoms with Gasteiger partial charge in [0.25, 0.3) is 5.91 Å². The first kappa shape index (κ1) is 14.4.